The highest BCUT2D eigenvalue weighted by Crippen LogP contribution is 2.38. The number of aliphatic hydroxyl groups is 1. The van der Waals surface area contributed by atoms with Crippen LogP contribution in [-0.2, 0) is 10.2 Å². The lowest BCUT2D eigenvalue weighted by atomic mass is 9.68. The number of carboxylic acids is 1. The SMILES string of the molecule is CCC(O)C(C(=O)O)(c1cccnc1)c1ccccc1C. The molecule has 1 aromatic heterocycles. The number of carbonyl (C=O) groups is 1. The average Bonchev–Trinajstić information content (AvgIpc) is 2.50. The molecule has 0 aliphatic carbocycles. The van der Waals surface area contributed by atoms with Crippen LogP contribution < -0.4 is 0 Å². The summed E-state index contributed by atoms with van der Waals surface area (Å²) in [4.78, 5) is 16.2. The Hall–Kier alpha value is -2.20. The lowest BCUT2D eigenvalue weighted by Crippen LogP contribution is -2.48. The predicted octanol–water partition coefficient (Wildman–Crippen LogP) is 2.53. The number of aliphatic carboxylic acids is 1. The van der Waals surface area contributed by atoms with Gasteiger partial charge in [-0.2, -0.15) is 0 Å². The average molecular weight is 285 g/mol. The van der Waals surface area contributed by atoms with Gasteiger partial charge in [0.2, 0.25) is 0 Å². The maximum Gasteiger partial charge on any atom is 0.321 e. The zero-order chi connectivity index (χ0) is 15.5. The molecule has 110 valence electrons. The zero-order valence-electron chi connectivity index (χ0n) is 12.2. The first-order chi connectivity index (χ1) is 10.0. The van der Waals surface area contributed by atoms with Gasteiger partial charge in [-0.15, -0.1) is 0 Å². The van der Waals surface area contributed by atoms with Crippen LogP contribution in [0.5, 0.6) is 0 Å². The van der Waals surface area contributed by atoms with E-state index in [-0.39, 0.29) is 0 Å². The van der Waals surface area contributed by atoms with E-state index in [2.05, 4.69) is 4.98 Å². The fourth-order valence-electron chi connectivity index (χ4n) is 2.83. The summed E-state index contributed by atoms with van der Waals surface area (Å²) < 4.78 is 0. The highest BCUT2D eigenvalue weighted by Gasteiger charge is 2.48. The van der Waals surface area contributed by atoms with Crippen molar-refractivity contribution < 1.29 is 15.0 Å². The maximum atomic E-state index is 12.2. The van der Waals surface area contributed by atoms with Crippen molar-refractivity contribution in [3.05, 3.63) is 65.5 Å². The molecule has 2 atom stereocenters. The Labute approximate surface area is 124 Å². The van der Waals surface area contributed by atoms with E-state index in [0.29, 0.717) is 17.5 Å². The van der Waals surface area contributed by atoms with E-state index in [0.717, 1.165) is 5.56 Å². The van der Waals surface area contributed by atoms with Gasteiger partial charge in [0.25, 0.3) is 0 Å². The van der Waals surface area contributed by atoms with Crippen molar-refractivity contribution in [2.75, 3.05) is 0 Å². The van der Waals surface area contributed by atoms with Crippen molar-refractivity contribution in [2.45, 2.75) is 31.8 Å². The van der Waals surface area contributed by atoms with Crippen LogP contribution in [0.2, 0.25) is 0 Å². The van der Waals surface area contributed by atoms with Gasteiger partial charge in [-0.3, -0.25) is 9.78 Å². The summed E-state index contributed by atoms with van der Waals surface area (Å²) in [5, 5.41) is 20.5. The number of aryl methyl sites for hydroxylation is 1. The van der Waals surface area contributed by atoms with Gasteiger partial charge in [0.05, 0.1) is 6.10 Å². The molecule has 0 aliphatic rings. The highest BCUT2D eigenvalue weighted by atomic mass is 16.4. The number of aliphatic hydroxyl groups excluding tert-OH is 1. The molecule has 1 aromatic carbocycles. The Kier molecular flexibility index (Phi) is 4.38. The Morgan fingerprint density at radius 1 is 1.29 bits per heavy atom. The fraction of sp³-hybridized carbons (Fsp3) is 0.294. The molecule has 1 heterocycles. The standard InChI is InChI=1S/C17H19NO3/c1-3-15(19)17(16(20)21,13-8-6-10-18-11-13)14-9-5-4-7-12(14)2/h4-11,15,19H,3H2,1-2H3,(H,20,21). The minimum Gasteiger partial charge on any atom is -0.480 e. The molecule has 2 N–H and O–H groups in total. The molecule has 0 amide bonds. The first-order valence-corrected chi connectivity index (χ1v) is 6.93. The van der Waals surface area contributed by atoms with Crippen molar-refractivity contribution >= 4 is 5.97 Å². The minimum atomic E-state index is -1.51. The van der Waals surface area contributed by atoms with Crippen LogP contribution in [0.4, 0.5) is 0 Å². The van der Waals surface area contributed by atoms with E-state index in [1.807, 2.05) is 19.1 Å². The Bertz CT molecular complexity index is 627. The molecule has 0 aliphatic heterocycles. The first-order valence-electron chi connectivity index (χ1n) is 6.93. The molecule has 21 heavy (non-hydrogen) atoms. The topological polar surface area (TPSA) is 70.4 Å². The molecule has 4 nitrogen and oxygen atoms in total. The van der Waals surface area contributed by atoms with E-state index in [4.69, 9.17) is 0 Å². The first kappa shape index (κ1) is 15.2. The van der Waals surface area contributed by atoms with Crippen LogP contribution in [0.3, 0.4) is 0 Å². The van der Waals surface area contributed by atoms with Gasteiger partial charge in [-0.05, 0) is 36.1 Å². The molecule has 2 aromatic rings. The molecule has 2 unspecified atom stereocenters. The number of hydrogen-bond donors (Lipinski definition) is 2. The lowest BCUT2D eigenvalue weighted by Gasteiger charge is -2.35. The number of carboxylic acid groups (broad SMARTS) is 1. The molecule has 2 rings (SSSR count). The number of aromatic nitrogens is 1. The van der Waals surface area contributed by atoms with E-state index < -0.39 is 17.5 Å². The summed E-state index contributed by atoms with van der Waals surface area (Å²) in [6.07, 6.45) is 2.39. The van der Waals surface area contributed by atoms with Crippen molar-refractivity contribution in [2.24, 2.45) is 0 Å². The Morgan fingerprint density at radius 2 is 2.00 bits per heavy atom. The largest absolute Gasteiger partial charge is 0.480 e. The smallest absolute Gasteiger partial charge is 0.321 e. The second kappa shape index (κ2) is 6.06. The highest BCUT2D eigenvalue weighted by molar-refractivity contribution is 5.87. The Morgan fingerprint density at radius 3 is 2.52 bits per heavy atom. The molecule has 4 heteroatoms. The van der Waals surface area contributed by atoms with E-state index in [9.17, 15) is 15.0 Å². The summed E-state index contributed by atoms with van der Waals surface area (Å²) in [7, 11) is 0. The predicted molar refractivity (Wildman–Crippen MR) is 80.1 cm³/mol. The molecule has 0 radical (unpaired) electrons. The van der Waals surface area contributed by atoms with E-state index in [1.54, 1.807) is 37.4 Å². The normalized spacial score (nSPS) is 15.2. The molecule has 0 spiro atoms. The van der Waals surface area contributed by atoms with E-state index in [1.165, 1.54) is 6.20 Å². The number of pyridine rings is 1. The summed E-state index contributed by atoms with van der Waals surface area (Å²) in [5.41, 5.74) is 0.409. The summed E-state index contributed by atoms with van der Waals surface area (Å²) in [6.45, 7) is 3.63. The number of hydrogen-bond acceptors (Lipinski definition) is 3. The number of benzene rings is 1. The summed E-state index contributed by atoms with van der Waals surface area (Å²) in [5.74, 6) is -1.07. The van der Waals surface area contributed by atoms with Crippen LogP contribution >= 0.6 is 0 Å². The molecular formula is C17H19NO3. The lowest BCUT2D eigenvalue weighted by molar-refractivity contribution is -0.146. The monoisotopic (exact) mass is 285 g/mol. The number of rotatable bonds is 5. The van der Waals surface area contributed by atoms with Crippen molar-refractivity contribution in [1.82, 2.24) is 4.98 Å². The van der Waals surface area contributed by atoms with Crippen LogP contribution in [0.25, 0.3) is 0 Å². The van der Waals surface area contributed by atoms with Gasteiger partial charge in [0.1, 0.15) is 5.41 Å². The van der Waals surface area contributed by atoms with Gasteiger partial charge in [0.15, 0.2) is 0 Å². The van der Waals surface area contributed by atoms with Crippen LogP contribution in [0.15, 0.2) is 48.8 Å². The van der Waals surface area contributed by atoms with Crippen molar-refractivity contribution in [1.29, 1.82) is 0 Å². The van der Waals surface area contributed by atoms with Gasteiger partial charge < -0.3 is 10.2 Å². The molecule has 0 saturated carbocycles. The third-order valence-corrected chi connectivity index (χ3v) is 3.91. The maximum absolute atomic E-state index is 12.2. The summed E-state index contributed by atoms with van der Waals surface area (Å²) >= 11 is 0. The Balaban J connectivity index is 2.81. The molecule has 0 bridgehead atoms. The van der Waals surface area contributed by atoms with E-state index >= 15 is 0 Å². The van der Waals surface area contributed by atoms with Crippen molar-refractivity contribution in [3.8, 4) is 0 Å². The van der Waals surface area contributed by atoms with Gasteiger partial charge in [-0.25, -0.2) is 0 Å². The zero-order valence-corrected chi connectivity index (χ0v) is 12.2. The van der Waals surface area contributed by atoms with Crippen LogP contribution in [0, 0.1) is 6.92 Å². The van der Waals surface area contributed by atoms with Gasteiger partial charge in [-0.1, -0.05) is 37.3 Å². The van der Waals surface area contributed by atoms with Crippen LogP contribution in [-0.4, -0.2) is 27.3 Å². The third kappa shape index (κ3) is 2.43. The molecule has 0 saturated heterocycles. The van der Waals surface area contributed by atoms with Crippen molar-refractivity contribution in [3.63, 3.8) is 0 Å². The summed E-state index contributed by atoms with van der Waals surface area (Å²) in [6, 6.07) is 10.6. The minimum absolute atomic E-state index is 0.329. The molecular weight excluding hydrogens is 266 g/mol. The van der Waals surface area contributed by atoms with Crippen LogP contribution in [0.1, 0.15) is 30.0 Å². The quantitative estimate of drug-likeness (QED) is 0.885. The number of nitrogens with zero attached hydrogens (tertiary/aromatic N) is 1. The van der Waals surface area contributed by atoms with Gasteiger partial charge in [0, 0.05) is 12.4 Å². The second-order valence-corrected chi connectivity index (χ2v) is 5.09. The second-order valence-electron chi connectivity index (χ2n) is 5.09. The van der Waals surface area contributed by atoms with Gasteiger partial charge >= 0.3 is 5.97 Å². The fourth-order valence-corrected chi connectivity index (χ4v) is 2.83. The third-order valence-electron chi connectivity index (χ3n) is 3.91. The molecule has 0 fully saturated rings.